The summed E-state index contributed by atoms with van der Waals surface area (Å²) in [4.78, 5) is 13.3. The van der Waals surface area contributed by atoms with Crippen molar-refractivity contribution < 1.29 is 0 Å². The highest BCUT2D eigenvalue weighted by Gasteiger charge is 2.17. The standard InChI is InChI=1S/C14H14ClN3/c1-9-6-7-12(16-8-9)14-17-11-5-3-2-4-10(11)13(15)18-14/h6-8H,2-5H2,1H3. The summed E-state index contributed by atoms with van der Waals surface area (Å²) < 4.78 is 0. The molecule has 0 N–H and O–H groups in total. The van der Waals surface area contributed by atoms with Crippen LogP contribution in [-0.2, 0) is 12.8 Å². The molecule has 0 radical (unpaired) electrons. The highest BCUT2D eigenvalue weighted by molar-refractivity contribution is 6.30. The second kappa shape index (κ2) is 4.65. The van der Waals surface area contributed by atoms with Gasteiger partial charge in [0.25, 0.3) is 0 Å². The molecule has 0 bridgehead atoms. The van der Waals surface area contributed by atoms with Gasteiger partial charge < -0.3 is 0 Å². The van der Waals surface area contributed by atoms with E-state index >= 15 is 0 Å². The summed E-state index contributed by atoms with van der Waals surface area (Å²) in [6, 6.07) is 3.95. The van der Waals surface area contributed by atoms with Crippen LogP contribution in [0.1, 0.15) is 29.7 Å². The number of pyridine rings is 1. The van der Waals surface area contributed by atoms with E-state index in [0.717, 1.165) is 35.4 Å². The molecule has 0 saturated heterocycles. The van der Waals surface area contributed by atoms with Gasteiger partial charge in [-0.15, -0.1) is 0 Å². The number of fused-ring (bicyclic) bond motifs is 1. The molecule has 0 atom stereocenters. The number of halogens is 1. The van der Waals surface area contributed by atoms with Gasteiger partial charge in [-0.1, -0.05) is 17.7 Å². The molecular weight excluding hydrogens is 246 g/mol. The lowest BCUT2D eigenvalue weighted by Crippen LogP contribution is -2.09. The van der Waals surface area contributed by atoms with Crippen molar-refractivity contribution in [2.75, 3.05) is 0 Å². The topological polar surface area (TPSA) is 38.7 Å². The van der Waals surface area contributed by atoms with Crippen LogP contribution in [0.5, 0.6) is 0 Å². The summed E-state index contributed by atoms with van der Waals surface area (Å²) in [6.45, 7) is 2.01. The molecule has 4 heteroatoms. The fraction of sp³-hybridized carbons (Fsp3) is 0.357. The Morgan fingerprint density at radius 2 is 1.94 bits per heavy atom. The number of nitrogens with zero attached hydrogens (tertiary/aromatic N) is 3. The molecule has 0 aliphatic heterocycles. The maximum atomic E-state index is 6.25. The van der Waals surface area contributed by atoms with Crippen molar-refractivity contribution in [1.29, 1.82) is 0 Å². The van der Waals surface area contributed by atoms with Gasteiger partial charge in [-0.05, 0) is 44.2 Å². The van der Waals surface area contributed by atoms with Crippen molar-refractivity contribution in [2.45, 2.75) is 32.6 Å². The summed E-state index contributed by atoms with van der Waals surface area (Å²) in [6.07, 6.45) is 6.18. The van der Waals surface area contributed by atoms with Gasteiger partial charge in [-0.2, -0.15) is 0 Å². The van der Waals surface area contributed by atoms with Crippen molar-refractivity contribution in [2.24, 2.45) is 0 Å². The van der Waals surface area contributed by atoms with E-state index in [1.54, 1.807) is 0 Å². The number of hydrogen-bond acceptors (Lipinski definition) is 3. The molecule has 0 spiro atoms. The average molecular weight is 260 g/mol. The molecule has 2 aromatic heterocycles. The molecule has 1 aliphatic rings. The Bertz CT molecular complexity index is 578. The van der Waals surface area contributed by atoms with Gasteiger partial charge in [0, 0.05) is 17.5 Å². The minimum Gasteiger partial charge on any atom is -0.253 e. The molecule has 0 fully saturated rings. The molecule has 1 aliphatic carbocycles. The van der Waals surface area contributed by atoms with Gasteiger partial charge in [-0.3, -0.25) is 4.98 Å². The van der Waals surface area contributed by atoms with Gasteiger partial charge in [-0.25, -0.2) is 9.97 Å². The predicted molar refractivity (Wildman–Crippen MR) is 71.7 cm³/mol. The molecule has 3 rings (SSSR count). The van der Waals surface area contributed by atoms with Gasteiger partial charge in [0.15, 0.2) is 5.82 Å². The zero-order chi connectivity index (χ0) is 12.5. The first-order valence-electron chi connectivity index (χ1n) is 6.22. The Morgan fingerprint density at radius 1 is 1.11 bits per heavy atom. The fourth-order valence-electron chi connectivity index (χ4n) is 2.26. The van der Waals surface area contributed by atoms with Gasteiger partial charge >= 0.3 is 0 Å². The van der Waals surface area contributed by atoms with Crippen LogP contribution in [0.3, 0.4) is 0 Å². The van der Waals surface area contributed by atoms with Gasteiger partial charge in [0.05, 0.1) is 0 Å². The summed E-state index contributed by atoms with van der Waals surface area (Å²) in [5.41, 5.74) is 4.14. The van der Waals surface area contributed by atoms with Crippen LogP contribution in [-0.4, -0.2) is 15.0 Å². The third-order valence-corrected chi connectivity index (χ3v) is 3.59. The van der Waals surface area contributed by atoms with Crippen LogP contribution < -0.4 is 0 Å². The van der Waals surface area contributed by atoms with Crippen LogP contribution >= 0.6 is 11.6 Å². The summed E-state index contributed by atoms with van der Waals surface area (Å²) in [5, 5.41) is 0.595. The number of hydrogen-bond donors (Lipinski definition) is 0. The third-order valence-electron chi connectivity index (χ3n) is 3.27. The van der Waals surface area contributed by atoms with Crippen LogP contribution in [0.25, 0.3) is 11.5 Å². The molecule has 0 unspecified atom stereocenters. The Labute approximate surface area is 111 Å². The first-order valence-corrected chi connectivity index (χ1v) is 6.60. The highest BCUT2D eigenvalue weighted by Crippen LogP contribution is 2.27. The van der Waals surface area contributed by atoms with Gasteiger partial charge in [0.1, 0.15) is 10.8 Å². The summed E-state index contributed by atoms with van der Waals surface area (Å²) in [7, 11) is 0. The third kappa shape index (κ3) is 2.10. The van der Waals surface area contributed by atoms with Crippen LogP contribution in [0, 0.1) is 6.92 Å². The minimum atomic E-state index is 0.595. The zero-order valence-electron chi connectivity index (χ0n) is 10.3. The Balaban J connectivity index is 2.08. The van der Waals surface area contributed by atoms with Crippen molar-refractivity contribution in [1.82, 2.24) is 15.0 Å². The number of aromatic nitrogens is 3. The maximum absolute atomic E-state index is 6.25. The molecule has 18 heavy (non-hydrogen) atoms. The second-order valence-electron chi connectivity index (χ2n) is 4.69. The van der Waals surface area contributed by atoms with E-state index in [1.807, 2.05) is 25.3 Å². The highest BCUT2D eigenvalue weighted by atomic mass is 35.5. The normalized spacial score (nSPS) is 14.3. The van der Waals surface area contributed by atoms with E-state index in [4.69, 9.17) is 11.6 Å². The molecule has 3 nitrogen and oxygen atoms in total. The lowest BCUT2D eigenvalue weighted by Gasteiger charge is -2.16. The quantitative estimate of drug-likeness (QED) is 0.737. The molecule has 0 saturated carbocycles. The lowest BCUT2D eigenvalue weighted by atomic mass is 9.97. The van der Waals surface area contributed by atoms with E-state index in [9.17, 15) is 0 Å². The van der Waals surface area contributed by atoms with E-state index in [0.29, 0.717) is 11.0 Å². The monoisotopic (exact) mass is 259 g/mol. The number of aryl methyl sites for hydroxylation is 2. The molecule has 0 amide bonds. The van der Waals surface area contributed by atoms with E-state index in [2.05, 4.69) is 15.0 Å². The minimum absolute atomic E-state index is 0.595. The van der Waals surface area contributed by atoms with E-state index < -0.39 is 0 Å². The second-order valence-corrected chi connectivity index (χ2v) is 5.05. The summed E-state index contributed by atoms with van der Waals surface area (Å²) >= 11 is 6.25. The van der Waals surface area contributed by atoms with E-state index in [-0.39, 0.29) is 0 Å². The van der Waals surface area contributed by atoms with Crippen molar-refractivity contribution in [3.05, 3.63) is 40.3 Å². The lowest BCUT2D eigenvalue weighted by molar-refractivity contribution is 0.663. The molecular formula is C14H14ClN3. The van der Waals surface area contributed by atoms with Crippen molar-refractivity contribution in [3.63, 3.8) is 0 Å². The predicted octanol–water partition coefficient (Wildman–Crippen LogP) is 3.38. The van der Waals surface area contributed by atoms with Gasteiger partial charge in [0.2, 0.25) is 0 Å². The zero-order valence-corrected chi connectivity index (χ0v) is 11.0. The fourth-order valence-corrected chi connectivity index (χ4v) is 2.55. The van der Waals surface area contributed by atoms with Crippen LogP contribution in [0.4, 0.5) is 0 Å². The molecule has 0 aromatic carbocycles. The SMILES string of the molecule is Cc1ccc(-c2nc(Cl)c3c(n2)CCCC3)nc1. The first-order chi connectivity index (χ1) is 8.74. The van der Waals surface area contributed by atoms with Crippen LogP contribution in [0.15, 0.2) is 18.3 Å². The Morgan fingerprint density at radius 3 is 2.72 bits per heavy atom. The smallest absolute Gasteiger partial charge is 0.179 e. The molecule has 92 valence electrons. The Kier molecular flexibility index (Phi) is 3.00. The first kappa shape index (κ1) is 11.6. The molecule has 2 heterocycles. The Hall–Kier alpha value is -1.48. The molecule has 2 aromatic rings. The van der Waals surface area contributed by atoms with Crippen molar-refractivity contribution >= 4 is 11.6 Å². The average Bonchev–Trinajstić information content (AvgIpc) is 2.39. The van der Waals surface area contributed by atoms with Crippen molar-refractivity contribution in [3.8, 4) is 11.5 Å². The number of rotatable bonds is 1. The van der Waals surface area contributed by atoms with E-state index in [1.165, 1.54) is 12.8 Å². The van der Waals surface area contributed by atoms with Crippen LogP contribution in [0.2, 0.25) is 5.15 Å². The maximum Gasteiger partial charge on any atom is 0.179 e. The largest absolute Gasteiger partial charge is 0.253 e. The summed E-state index contributed by atoms with van der Waals surface area (Å²) in [5.74, 6) is 0.639.